The van der Waals surface area contributed by atoms with Crippen molar-refractivity contribution in [2.75, 3.05) is 5.73 Å². The monoisotopic (exact) mass is 304 g/mol. The topological polar surface area (TPSA) is 48.1 Å². The van der Waals surface area contributed by atoms with Crippen LogP contribution in [0, 0.1) is 3.57 Å². The number of hydrogen-bond acceptors (Lipinski definition) is 3. The van der Waals surface area contributed by atoms with Crippen LogP contribution in [0.1, 0.15) is 13.8 Å². The van der Waals surface area contributed by atoms with Gasteiger partial charge in [0.2, 0.25) is 0 Å². The van der Waals surface area contributed by atoms with Gasteiger partial charge in [-0.2, -0.15) is 0 Å². The highest BCUT2D eigenvalue weighted by molar-refractivity contribution is 14.1. The highest BCUT2D eigenvalue weighted by atomic mass is 127. The summed E-state index contributed by atoms with van der Waals surface area (Å²) in [6.45, 7) is 7.67. The van der Waals surface area contributed by atoms with E-state index in [4.69, 9.17) is 10.5 Å². The third kappa shape index (κ3) is 2.87. The molecule has 14 heavy (non-hydrogen) atoms. The summed E-state index contributed by atoms with van der Waals surface area (Å²) in [4.78, 5) is 4.01. The summed E-state index contributed by atoms with van der Waals surface area (Å²) in [5, 5.41) is 0. The molecule has 0 fully saturated rings. The second-order valence-electron chi connectivity index (χ2n) is 3.14. The first-order valence-electron chi connectivity index (χ1n) is 4.23. The molecule has 1 heterocycles. The number of anilines is 1. The third-order valence-corrected chi connectivity index (χ3v) is 2.44. The number of hydrogen-bond donors (Lipinski definition) is 1. The van der Waals surface area contributed by atoms with E-state index < -0.39 is 0 Å². The van der Waals surface area contributed by atoms with Gasteiger partial charge in [-0.15, -0.1) is 0 Å². The number of nitrogens with two attached hydrogens (primary N) is 1. The Labute approximate surface area is 97.5 Å². The Bertz CT molecular complexity index is 352. The molecule has 0 radical (unpaired) electrons. The lowest BCUT2D eigenvalue weighted by molar-refractivity contribution is 0.258. The molecule has 0 aliphatic rings. The number of aromatic nitrogens is 1. The molecular weight excluding hydrogens is 291 g/mol. The van der Waals surface area contributed by atoms with Crippen molar-refractivity contribution >= 4 is 28.4 Å². The van der Waals surface area contributed by atoms with E-state index in [-0.39, 0.29) is 6.10 Å². The van der Waals surface area contributed by atoms with Crippen LogP contribution in [-0.4, -0.2) is 11.1 Å². The molecule has 1 aromatic heterocycles. The number of halogens is 1. The average molecular weight is 304 g/mol. The number of nitrogen functional groups attached to an aromatic ring is 1. The molecule has 2 N–H and O–H groups in total. The second-order valence-corrected chi connectivity index (χ2v) is 4.39. The lowest BCUT2D eigenvalue weighted by Gasteiger charge is -2.15. The van der Waals surface area contributed by atoms with Gasteiger partial charge in [0.05, 0.1) is 0 Å². The van der Waals surface area contributed by atoms with E-state index in [1.807, 2.05) is 19.9 Å². The molecule has 76 valence electrons. The third-order valence-electron chi connectivity index (χ3n) is 1.85. The Morgan fingerprint density at radius 3 is 2.93 bits per heavy atom. The Morgan fingerprint density at radius 2 is 2.36 bits per heavy atom. The largest absolute Gasteiger partial charge is 0.482 e. The molecule has 0 saturated carbocycles. The Hall–Kier alpha value is -0.780. The first-order valence-corrected chi connectivity index (χ1v) is 5.31. The second kappa shape index (κ2) is 4.63. The van der Waals surface area contributed by atoms with Gasteiger partial charge in [0.15, 0.2) is 11.6 Å². The van der Waals surface area contributed by atoms with Crippen LogP contribution >= 0.6 is 22.6 Å². The van der Waals surface area contributed by atoms with Gasteiger partial charge < -0.3 is 10.5 Å². The molecule has 1 rings (SSSR count). The fourth-order valence-electron chi connectivity index (χ4n) is 0.817. The van der Waals surface area contributed by atoms with Crippen LogP contribution in [0.2, 0.25) is 0 Å². The Balaban J connectivity index is 2.85. The summed E-state index contributed by atoms with van der Waals surface area (Å²) >= 11 is 2.17. The molecule has 0 aliphatic heterocycles. The molecule has 0 aromatic carbocycles. The lowest BCUT2D eigenvalue weighted by Crippen LogP contribution is -2.13. The molecule has 0 saturated heterocycles. The van der Waals surface area contributed by atoms with Crippen LogP contribution in [0.25, 0.3) is 0 Å². The minimum atomic E-state index is -0.0442. The SMILES string of the molecule is C=C(C)[C@@H](C)Oc1cc(I)cnc1N. The van der Waals surface area contributed by atoms with Gasteiger partial charge in [0.25, 0.3) is 0 Å². The first kappa shape index (κ1) is 11.3. The zero-order chi connectivity index (χ0) is 10.7. The van der Waals surface area contributed by atoms with Crippen LogP contribution in [0.3, 0.4) is 0 Å². The van der Waals surface area contributed by atoms with E-state index in [2.05, 4.69) is 34.2 Å². The molecule has 3 nitrogen and oxygen atoms in total. The van der Waals surface area contributed by atoms with Gasteiger partial charge in [-0.1, -0.05) is 6.58 Å². The highest BCUT2D eigenvalue weighted by Gasteiger charge is 2.08. The zero-order valence-electron chi connectivity index (χ0n) is 8.25. The Kier molecular flexibility index (Phi) is 3.74. The maximum atomic E-state index is 5.67. The molecule has 0 bridgehead atoms. The van der Waals surface area contributed by atoms with Crippen molar-refractivity contribution in [2.24, 2.45) is 0 Å². The number of nitrogens with zero attached hydrogens (tertiary/aromatic N) is 1. The van der Waals surface area contributed by atoms with Gasteiger partial charge in [0.1, 0.15) is 6.10 Å². The summed E-state index contributed by atoms with van der Waals surface area (Å²) in [7, 11) is 0. The van der Waals surface area contributed by atoms with E-state index >= 15 is 0 Å². The lowest BCUT2D eigenvalue weighted by atomic mass is 10.2. The van der Waals surface area contributed by atoms with E-state index in [9.17, 15) is 0 Å². The predicted octanol–water partition coefficient (Wildman–Crippen LogP) is 2.61. The molecule has 0 amide bonds. The number of pyridine rings is 1. The average Bonchev–Trinajstić information content (AvgIpc) is 2.11. The van der Waals surface area contributed by atoms with Crippen molar-refractivity contribution in [1.29, 1.82) is 0 Å². The molecule has 4 heteroatoms. The van der Waals surface area contributed by atoms with Crippen molar-refractivity contribution in [3.8, 4) is 5.75 Å². The van der Waals surface area contributed by atoms with Crippen molar-refractivity contribution in [1.82, 2.24) is 4.98 Å². The highest BCUT2D eigenvalue weighted by Crippen LogP contribution is 2.23. The van der Waals surface area contributed by atoms with Crippen LogP contribution in [0.4, 0.5) is 5.82 Å². The summed E-state index contributed by atoms with van der Waals surface area (Å²) in [6.07, 6.45) is 1.66. The van der Waals surface area contributed by atoms with Crippen molar-refractivity contribution in [3.63, 3.8) is 0 Å². The minimum Gasteiger partial charge on any atom is -0.482 e. The maximum absolute atomic E-state index is 5.67. The van der Waals surface area contributed by atoms with Crippen molar-refractivity contribution < 1.29 is 4.74 Å². The summed E-state index contributed by atoms with van der Waals surface area (Å²) in [5.74, 6) is 1.03. The fourth-order valence-corrected chi connectivity index (χ4v) is 1.24. The van der Waals surface area contributed by atoms with E-state index in [0.717, 1.165) is 9.14 Å². The number of rotatable bonds is 3. The van der Waals surface area contributed by atoms with Crippen LogP contribution < -0.4 is 10.5 Å². The van der Waals surface area contributed by atoms with Crippen LogP contribution in [0.15, 0.2) is 24.4 Å². The molecule has 1 aromatic rings. The predicted molar refractivity (Wildman–Crippen MR) is 66.3 cm³/mol. The maximum Gasteiger partial charge on any atom is 0.166 e. The van der Waals surface area contributed by atoms with Gasteiger partial charge >= 0.3 is 0 Å². The van der Waals surface area contributed by atoms with Crippen LogP contribution in [0.5, 0.6) is 5.75 Å². The summed E-state index contributed by atoms with van der Waals surface area (Å²) < 4.78 is 6.60. The standard InChI is InChI=1S/C10H13IN2O/c1-6(2)7(3)14-9-4-8(11)5-13-10(9)12/h4-5,7H,1H2,2-3H3,(H2,12,13)/t7-/m1/s1. The summed E-state index contributed by atoms with van der Waals surface area (Å²) in [5.41, 5.74) is 6.63. The molecule has 0 aliphatic carbocycles. The summed E-state index contributed by atoms with van der Waals surface area (Å²) in [6, 6.07) is 1.86. The molecule has 1 atom stereocenters. The van der Waals surface area contributed by atoms with Gasteiger partial charge in [-0.3, -0.25) is 0 Å². The van der Waals surface area contributed by atoms with Crippen molar-refractivity contribution in [2.45, 2.75) is 20.0 Å². The normalized spacial score (nSPS) is 12.2. The Morgan fingerprint density at radius 1 is 1.71 bits per heavy atom. The smallest absolute Gasteiger partial charge is 0.166 e. The fraction of sp³-hybridized carbons (Fsp3) is 0.300. The van der Waals surface area contributed by atoms with E-state index in [1.165, 1.54) is 0 Å². The van der Waals surface area contributed by atoms with Gasteiger partial charge in [-0.25, -0.2) is 4.98 Å². The number of ether oxygens (including phenoxy) is 1. The zero-order valence-corrected chi connectivity index (χ0v) is 10.4. The quantitative estimate of drug-likeness (QED) is 0.690. The molecule has 0 spiro atoms. The minimum absolute atomic E-state index is 0.0442. The van der Waals surface area contributed by atoms with Gasteiger partial charge in [0, 0.05) is 9.77 Å². The first-order chi connectivity index (χ1) is 6.50. The molecular formula is C10H13IN2O. The van der Waals surface area contributed by atoms with E-state index in [0.29, 0.717) is 11.6 Å². The van der Waals surface area contributed by atoms with Crippen LogP contribution in [-0.2, 0) is 0 Å². The molecule has 0 unspecified atom stereocenters. The van der Waals surface area contributed by atoms with Gasteiger partial charge in [-0.05, 0) is 48.1 Å². The van der Waals surface area contributed by atoms with Crippen molar-refractivity contribution in [3.05, 3.63) is 28.0 Å². The van der Waals surface area contributed by atoms with E-state index in [1.54, 1.807) is 6.20 Å².